The Morgan fingerprint density at radius 3 is 2.71 bits per heavy atom. The first-order valence-electron chi connectivity index (χ1n) is 5.21. The molecule has 0 bridgehead atoms. The summed E-state index contributed by atoms with van der Waals surface area (Å²) in [6, 6.07) is 9.51. The van der Waals surface area contributed by atoms with E-state index >= 15 is 0 Å². The minimum atomic E-state index is -1.15. The normalized spacial score (nSPS) is 14.7. The molecule has 0 radical (unpaired) electrons. The lowest BCUT2D eigenvalue weighted by atomic mass is 10.1. The number of thiophene rings is 1. The fourth-order valence-corrected chi connectivity index (χ4v) is 2.76. The second-order valence-corrected chi connectivity index (χ2v) is 4.98. The van der Waals surface area contributed by atoms with Crippen LogP contribution in [0.4, 0.5) is 0 Å². The quantitative estimate of drug-likeness (QED) is 0.762. The number of amides is 1. The largest absolute Gasteiger partial charge is 0.389 e. The van der Waals surface area contributed by atoms with E-state index in [1.807, 2.05) is 30.3 Å². The maximum absolute atomic E-state index is 10.7. The summed E-state index contributed by atoms with van der Waals surface area (Å²) < 4.78 is 1.04. The number of aliphatic hydroxyl groups is 2. The lowest BCUT2D eigenvalue weighted by molar-refractivity contribution is -0.121. The Hall–Kier alpha value is -1.43. The van der Waals surface area contributed by atoms with Crippen molar-refractivity contribution in [3.63, 3.8) is 0 Å². The first-order valence-corrected chi connectivity index (χ1v) is 6.02. The van der Waals surface area contributed by atoms with Crippen LogP contribution in [0.15, 0.2) is 30.3 Å². The average molecular weight is 251 g/mol. The van der Waals surface area contributed by atoms with Crippen molar-refractivity contribution in [3.8, 4) is 0 Å². The molecule has 2 atom stereocenters. The highest BCUT2D eigenvalue weighted by atomic mass is 32.1. The second-order valence-electron chi connectivity index (χ2n) is 3.87. The smallest absolute Gasteiger partial charge is 0.220 e. The first kappa shape index (κ1) is 12.0. The molecular weight excluding hydrogens is 238 g/mol. The predicted molar refractivity (Wildman–Crippen MR) is 66.6 cm³/mol. The molecule has 0 spiro atoms. The Kier molecular flexibility index (Phi) is 3.42. The van der Waals surface area contributed by atoms with Crippen molar-refractivity contribution >= 4 is 27.3 Å². The molecule has 1 amide bonds. The van der Waals surface area contributed by atoms with Gasteiger partial charge in [0.15, 0.2) is 0 Å². The molecule has 90 valence electrons. The summed E-state index contributed by atoms with van der Waals surface area (Å²) >= 11 is 1.40. The van der Waals surface area contributed by atoms with E-state index in [4.69, 9.17) is 5.73 Å². The lowest BCUT2D eigenvalue weighted by Crippen LogP contribution is -2.25. The maximum atomic E-state index is 10.7. The fraction of sp³-hybridized carbons (Fsp3) is 0.250. The number of carbonyl (C=O) groups excluding carboxylic acids is 1. The minimum absolute atomic E-state index is 0.241. The standard InChI is InChI=1S/C12H13NO3S/c13-11(15)6-8(14)12(16)10-5-7-3-1-2-4-9(7)17-10/h1-5,8,12,14,16H,6H2,(H2,13,15). The molecule has 0 aliphatic heterocycles. The van der Waals surface area contributed by atoms with Crippen LogP contribution >= 0.6 is 11.3 Å². The Balaban J connectivity index is 2.24. The third-order valence-electron chi connectivity index (χ3n) is 2.51. The molecule has 4 nitrogen and oxygen atoms in total. The van der Waals surface area contributed by atoms with Gasteiger partial charge in [-0.05, 0) is 17.5 Å². The van der Waals surface area contributed by atoms with Gasteiger partial charge in [-0.3, -0.25) is 4.79 Å². The van der Waals surface area contributed by atoms with Crippen molar-refractivity contribution in [2.24, 2.45) is 5.73 Å². The highest BCUT2D eigenvalue weighted by Gasteiger charge is 2.22. The van der Waals surface area contributed by atoms with Gasteiger partial charge in [-0.2, -0.15) is 0 Å². The summed E-state index contributed by atoms with van der Waals surface area (Å²) in [6.45, 7) is 0. The molecule has 2 aromatic rings. The van der Waals surface area contributed by atoms with Crippen LogP contribution in [0.3, 0.4) is 0 Å². The molecule has 0 saturated carbocycles. The Morgan fingerprint density at radius 1 is 1.35 bits per heavy atom. The first-order chi connectivity index (χ1) is 8.08. The zero-order chi connectivity index (χ0) is 12.4. The molecule has 1 aromatic heterocycles. The molecule has 5 heteroatoms. The number of benzene rings is 1. The molecule has 0 aliphatic rings. The minimum Gasteiger partial charge on any atom is -0.389 e. The van der Waals surface area contributed by atoms with Crippen LogP contribution in [-0.4, -0.2) is 22.2 Å². The lowest BCUT2D eigenvalue weighted by Gasteiger charge is -2.14. The van der Waals surface area contributed by atoms with E-state index in [9.17, 15) is 15.0 Å². The molecular formula is C12H13NO3S. The molecule has 4 N–H and O–H groups in total. The number of primary amides is 1. The van der Waals surface area contributed by atoms with Crippen molar-refractivity contribution in [3.05, 3.63) is 35.2 Å². The molecule has 0 saturated heterocycles. The van der Waals surface area contributed by atoms with Gasteiger partial charge in [0.25, 0.3) is 0 Å². The third kappa shape index (κ3) is 2.63. The topological polar surface area (TPSA) is 83.6 Å². The van der Waals surface area contributed by atoms with E-state index in [0.717, 1.165) is 10.1 Å². The maximum Gasteiger partial charge on any atom is 0.220 e. The molecule has 0 fully saturated rings. The SMILES string of the molecule is NC(=O)CC(O)C(O)c1cc2ccccc2s1. The molecule has 17 heavy (non-hydrogen) atoms. The van der Waals surface area contributed by atoms with Gasteiger partial charge < -0.3 is 15.9 Å². The van der Waals surface area contributed by atoms with Crippen LogP contribution < -0.4 is 5.73 Å². The summed E-state index contributed by atoms with van der Waals surface area (Å²) in [5, 5.41) is 20.5. The van der Waals surface area contributed by atoms with Crippen LogP contribution in [0.1, 0.15) is 17.4 Å². The number of hydrogen-bond acceptors (Lipinski definition) is 4. The molecule has 0 aliphatic carbocycles. The van der Waals surface area contributed by atoms with Crippen molar-refractivity contribution in [1.29, 1.82) is 0 Å². The Morgan fingerprint density at radius 2 is 2.06 bits per heavy atom. The van der Waals surface area contributed by atoms with E-state index < -0.39 is 18.1 Å². The van der Waals surface area contributed by atoms with Crippen molar-refractivity contribution < 1.29 is 15.0 Å². The van der Waals surface area contributed by atoms with E-state index in [2.05, 4.69) is 0 Å². The van der Waals surface area contributed by atoms with Gasteiger partial charge in [0.05, 0.1) is 12.5 Å². The summed E-state index contributed by atoms with van der Waals surface area (Å²) in [7, 11) is 0. The van der Waals surface area contributed by atoms with Crippen molar-refractivity contribution in [2.45, 2.75) is 18.6 Å². The van der Waals surface area contributed by atoms with E-state index in [0.29, 0.717) is 4.88 Å². The van der Waals surface area contributed by atoms with Gasteiger partial charge in [-0.1, -0.05) is 18.2 Å². The van der Waals surface area contributed by atoms with Gasteiger partial charge >= 0.3 is 0 Å². The summed E-state index contributed by atoms with van der Waals surface area (Å²) in [6.07, 6.45) is -2.46. The monoisotopic (exact) mass is 251 g/mol. The van der Waals surface area contributed by atoms with E-state index in [1.165, 1.54) is 11.3 Å². The highest BCUT2D eigenvalue weighted by Crippen LogP contribution is 2.31. The summed E-state index contributed by atoms with van der Waals surface area (Å²) in [5.41, 5.74) is 4.98. The average Bonchev–Trinajstić information content (AvgIpc) is 2.70. The van der Waals surface area contributed by atoms with Gasteiger partial charge in [0.1, 0.15) is 6.10 Å². The second kappa shape index (κ2) is 4.83. The molecule has 2 rings (SSSR count). The molecule has 2 unspecified atom stereocenters. The summed E-state index contributed by atoms with van der Waals surface area (Å²) in [4.78, 5) is 11.3. The Bertz CT molecular complexity index is 504. The number of rotatable bonds is 4. The van der Waals surface area contributed by atoms with Crippen LogP contribution in [0.5, 0.6) is 0 Å². The van der Waals surface area contributed by atoms with Crippen LogP contribution in [0, 0.1) is 0 Å². The summed E-state index contributed by atoms with van der Waals surface area (Å²) in [5.74, 6) is -0.627. The van der Waals surface area contributed by atoms with Crippen molar-refractivity contribution in [2.75, 3.05) is 0 Å². The Labute approximate surface area is 102 Å². The highest BCUT2D eigenvalue weighted by molar-refractivity contribution is 7.19. The number of nitrogens with two attached hydrogens (primary N) is 1. The number of aliphatic hydroxyl groups excluding tert-OH is 2. The number of carbonyl (C=O) groups is 1. The van der Waals surface area contributed by atoms with Gasteiger partial charge in [0.2, 0.25) is 5.91 Å². The van der Waals surface area contributed by atoms with Gasteiger partial charge in [-0.25, -0.2) is 0 Å². The predicted octanol–water partition coefficient (Wildman–Crippen LogP) is 1.17. The fourth-order valence-electron chi connectivity index (χ4n) is 1.66. The van der Waals surface area contributed by atoms with Crippen LogP contribution in [0.2, 0.25) is 0 Å². The van der Waals surface area contributed by atoms with E-state index in [-0.39, 0.29) is 6.42 Å². The van der Waals surface area contributed by atoms with Crippen molar-refractivity contribution in [1.82, 2.24) is 0 Å². The zero-order valence-corrected chi connectivity index (χ0v) is 9.85. The van der Waals surface area contributed by atoms with Gasteiger partial charge in [0, 0.05) is 9.58 Å². The van der Waals surface area contributed by atoms with Gasteiger partial charge in [-0.15, -0.1) is 11.3 Å². The molecule has 1 heterocycles. The van der Waals surface area contributed by atoms with Crippen LogP contribution in [0.25, 0.3) is 10.1 Å². The third-order valence-corrected chi connectivity index (χ3v) is 3.70. The van der Waals surface area contributed by atoms with Crippen LogP contribution in [-0.2, 0) is 4.79 Å². The van der Waals surface area contributed by atoms with E-state index in [1.54, 1.807) is 0 Å². The molecule has 1 aromatic carbocycles. The zero-order valence-electron chi connectivity index (χ0n) is 9.04. The number of fused-ring (bicyclic) bond motifs is 1. The number of hydrogen-bond donors (Lipinski definition) is 3.